The van der Waals surface area contributed by atoms with Gasteiger partial charge in [-0.15, -0.1) is 0 Å². The second-order valence-electron chi connectivity index (χ2n) is 5.64. The fourth-order valence-electron chi connectivity index (χ4n) is 2.63. The van der Waals surface area contributed by atoms with Crippen LogP contribution in [0.3, 0.4) is 0 Å². The minimum absolute atomic E-state index is 0.306. The number of rotatable bonds is 6. The predicted octanol–water partition coefficient (Wildman–Crippen LogP) is 1.02. The van der Waals surface area contributed by atoms with Crippen LogP contribution >= 0.6 is 0 Å². The molecule has 6 nitrogen and oxygen atoms in total. The molecule has 0 amide bonds. The molecule has 1 aliphatic heterocycles. The van der Waals surface area contributed by atoms with Crippen LogP contribution in [0, 0.1) is 0 Å². The molecule has 0 spiro atoms. The molecule has 0 aromatic heterocycles. The molecule has 2 N–H and O–H groups in total. The second kappa shape index (κ2) is 7.38. The Morgan fingerprint density at radius 2 is 1.68 bits per heavy atom. The Labute approximate surface area is 130 Å². The average Bonchev–Trinajstić information content (AvgIpc) is 2.53. The van der Waals surface area contributed by atoms with Crippen LogP contribution in [0.1, 0.15) is 22.8 Å². The monoisotopic (exact) mass is 306 g/mol. The summed E-state index contributed by atoms with van der Waals surface area (Å²) in [4.78, 5) is 26.1. The van der Waals surface area contributed by atoms with Gasteiger partial charge in [0, 0.05) is 32.7 Å². The number of benzene rings is 1. The first-order valence-electron chi connectivity index (χ1n) is 7.49. The van der Waals surface area contributed by atoms with E-state index >= 15 is 0 Å². The van der Waals surface area contributed by atoms with Crippen molar-refractivity contribution in [2.24, 2.45) is 0 Å². The number of hydrogen-bond donors (Lipinski definition) is 2. The van der Waals surface area contributed by atoms with E-state index < -0.39 is 18.0 Å². The number of aliphatic carboxylic acids is 1. The molecule has 0 aliphatic carbocycles. The molecule has 0 radical (unpaired) electrons. The van der Waals surface area contributed by atoms with Crippen LogP contribution < -0.4 is 0 Å². The average molecular weight is 306 g/mol. The molecule has 120 valence electrons. The maximum atomic E-state index is 11.0. The molecule has 2 rings (SSSR count). The number of piperazine rings is 1. The second-order valence-corrected chi connectivity index (χ2v) is 5.64. The Morgan fingerprint density at radius 3 is 2.18 bits per heavy atom. The number of carboxylic acid groups (broad SMARTS) is 2. The molecule has 0 bridgehead atoms. The smallest absolute Gasteiger partial charge is 0.335 e. The molecule has 6 heteroatoms. The highest BCUT2D eigenvalue weighted by atomic mass is 16.4. The maximum absolute atomic E-state index is 11.0. The highest BCUT2D eigenvalue weighted by Crippen LogP contribution is 2.09. The van der Waals surface area contributed by atoms with Crippen LogP contribution in [0.5, 0.6) is 0 Å². The van der Waals surface area contributed by atoms with Crippen molar-refractivity contribution in [2.45, 2.75) is 19.4 Å². The van der Waals surface area contributed by atoms with Crippen LogP contribution in [-0.2, 0) is 11.2 Å². The van der Waals surface area contributed by atoms with Gasteiger partial charge in [0.05, 0.1) is 5.56 Å². The molecular weight excluding hydrogens is 284 g/mol. The quantitative estimate of drug-likeness (QED) is 0.816. The minimum Gasteiger partial charge on any atom is -0.480 e. The summed E-state index contributed by atoms with van der Waals surface area (Å²) in [5.74, 6) is -1.68. The summed E-state index contributed by atoms with van der Waals surface area (Å²) < 4.78 is 0. The van der Waals surface area contributed by atoms with E-state index in [2.05, 4.69) is 4.90 Å². The molecular formula is C16H22N2O4. The van der Waals surface area contributed by atoms with Gasteiger partial charge < -0.3 is 15.1 Å². The normalized spacial score (nSPS) is 18.0. The zero-order chi connectivity index (χ0) is 16.1. The van der Waals surface area contributed by atoms with Crippen LogP contribution in [0.15, 0.2) is 24.3 Å². The van der Waals surface area contributed by atoms with Crippen molar-refractivity contribution in [3.05, 3.63) is 35.4 Å². The van der Waals surface area contributed by atoms with E-state index in [0.29, 0.717) is 5.56 Å². The molecule has 22 heavy (non-hydrogen) atoms. The van der Waals surface area contributed by atoms with Crippen molar-refractivity contribution in [1.82, 2.24) is 9.80 Å². The maximum Gasteiger partial charge on any atom is 0.335 e. The number of hydrogen-bond acceptors (Lipinski definition) is 4. The van der Waals surface area contributed by atoms with E-state index in [4.69, 9.17) is 10.2 Å². The van der Waals surface area contributed by atoms with Gasteiger partial charge in [-0.2, -0.15) is 0 Å². The van der Waals surface area contributed by atoms with E-state index in [1.54, 1.807) is 19.1 Å². The van der Waals surface area contributed by atoms with Gasteiger partial charge in [-0.3, -0.25) is 9.69 Å². The molecule has 1 unspecified atom stereocenters. The number of carboxylic acids is 2. The zero-order valence-corrected chi connectivity index (χ0v) is 12.7. The van der Waals surface area contributed by atoms with E-state index in [-0.39, 0.29) is 0 Å². The van der Waals surface area contributed by atoms with Crippen molar-refractivity contribution in [3.63, 3.8) is 0 Å². The SMILES string of the molecule is CC(C(=O)O)N1CCN(CCc2ccc(C(=O)O)cc2)CC1. The Hall–Kier alpha value is -1.92. The Balaban J connectivity index is 1.77. The minimum atomic E-state index is -0.907. The van der Waals surface area contributed by atoms with E-state index in [1.807, 2.05) is 17.0 Å². The van der Waals surface area contributed by atoms with E-state index in [1.165, 1.54) is 0 Å². The number of nitrogens with zero attached hydrogens (tertiary/aromatic N) is 2. The van der Waals surface area contributed by atoms with E-state index in [9.17, 15) is 9.59 Å². The lowest BCUT2D eigenvalue weighted by molar-refractivity contribution is -0.143. The Kier molecular flexibility index (Phi) is 5.51. The lowest BCUT2D eigenvalue weighted by atomic mass is 10.1. The fourth-order valence-corrected chi connectivity index (χ4v) is 2.63. The molecule has 1 aromatic carbocycles. The molecule has 1 heterocycles. The summed E-state index contributed by atoms with van der Waals surface area (Å²) >= 11 is 0. The van der Waals surface area contributed by atoms with Crippen LogP contribution in [0.4, 0.5) is 0 Å². The molecule has 1 fully saturated rings. The van der Waals surface area contributed by atoms with Crippen molar-refractivity contribution in [3.8, 4) is 0 Å². The first-order valence-corrected chi connectivity index (χ1v) is 7.49. The zero-order valence-electron chi connectivity index (χ0n) is 12.7. The fraction of sp³-hybridized carbons (Fsp3) is 0.500. The summed E-state index contributed by atoms with van der Waals surface area (Å²) in [6.45, 7) is 5.90. The summed E-state index contributed by atoms with van der Waals surface area (Å²) in [5, 5.41) is 17.9. The lowest BCUT2D eigenvalue weighted by Crippen LogP contribution is -2.51. The largest absolute Gasteiger partial charge is 0.480 e. The van der Waals surface area contributed by atoms with Gasteiger partial charge in [0.15, 0.2) is 0 Å². The molecule has 1 saturated heterocycles. The van der Waals surface area contributed by atoms with Crippen molar-refractivity contribution in [1.29, 1.82) is 0 Å². The lowest BCUT2D eigenvalue weighted by Gasteiger charge is -2.36. The van der Waals surface area contributed by atoms with E-state index in [0.717, 1.165) is 44.7 Å². The van der Waals surface area contributed by atoms with Crippen molar-refractivity contribution in [2.75, 3.05) is 32.7 Å². The van der Waals surface area contributed by atoms with Gasteiger partial charge >= 0.3 is 11.9 Å². The highest BCUT2D eigenvalue weighted by Gasteiger charge is 2.24. The summed E-state index contributed by atoms with van der Waals surface area (Å²) in [5.41, 5.74) is 1.42. The number of aromatic carboxylic acids is 1. The highest BCUT2D eigenvalue weighted by molar-refractivity contribution is 5.87. The van der Waals surface area contributed by atoms with Gasteiger partial charge in [-0.1, -0.05) is 12.1 Å². The summed E-state index contributed by atoms with van der Waals surface area (Å²) in [6, 6.07) is 6.54. The topological polar surface area (TPSA) is 81.1 Å². The Morgan fingerprint density at radius 1 is 1.09 bits per heavy atom. The van der Waals surface area contributed by atoms with Crippen LogP contribution in [0.2, 0.25) is 0 Å². The van der Waals surface area contributed by atoms with Crippen molar-refractivity contribution < 1.29 is 19.8 Å². The Bertz CT molecular complexity index is 521. The van der Waals surface area contributed by atoms with Gasteiger partial charge in [0.25, 0.3) is 0 Å². The van der Waals surface area contributed by atoms with Gasteiger partial charge in [0.1, 0.15) is 6.04 Å². The summed E-state index contributed by atoms with van der Waals surface area (Å²) in [7, 11) is 0. The molecule has 0 saturated carbocycles. The van der Waals surface area contributed by atoms with Crippen LogP contribution in [-0.4, -0.2) is 70.7 Å². The standard InChI is InChI=1S/C16H22N2O4/c1-12(15(19)20)18-10-8-17(9-11-18)7-6-13-2-4-14(5-3-13)16(21)22/h2-5,12H,6-11H2,1H3,(H,19,20)(H,21,22). The number of carbonyl (C=O) groups is 2. The first kappa shape index (κ1) is 16.5. The molecule has 1 atom stereocenters. The summed E-state index contributed by atoms with van der Waals surface area (Å²) in [6.07, 6.45) is 0.869. The molecule has 1 aliphatic rings. The van der Waals surface area contributed by atoms with Gasteiger partial charge in [-0.05, 0) is 31.0 Å². The van der Waals surface area contributed by atoms with Gasteiger partial charge in [-0.25, -0.2) is 4.79 Å². The third kappa shape index (κ3) is 4.29. The first-order chi connectivity index (χ1) is 10.5. The molecule has 1 aromatic rings. The third-order valence-electron chi connectivity index (χ3n) is 4.23. The van der Waals surface area contributed by atoms with Gasteiger partial charge in [0.2, 0.25) is 0 Å². The predicted molar refractivity (Wildman–Crippen MR) is 82.2 cm³/mol. The van der Waals surface area contributed by atoms with Crippen molar-refractivity contribution >= 4 is 11.9 Å². The third-order valence-corrected chi connectivity index (χ3v) is 4.23. The van der Waals surface area contributed by atoms with Crippen LogP contribution in [0.25, 0.3) is 0 Å².